The molecular formula is C12H15BrN2O3. The monoisotopic (exact) mass is 314 g/mol. The predicted octanol–water partition coefficient (Wildman–Crippen LogP) is 3.13. The van der Waals surface area contributed by atoms with Crippen molar-refractivity contribution >= 4 is 27.5 Å². The minimum atomic E-state index is -0.521. The van der Waals surface area contributed by atoms with Gasteiger partial charge in [0, 0.05) is 23.2 Å². The molecule has 0 fully saturated rings. The SMILES string of the molecule is CC(C)(C)CNC(=O)c1cc([N+](=O)[O-])ccc1Br. The molecule has 6 heteroatoms. The summed E-state index contributed by atoms with van der Waals surface area (Å²) in [5.41, 5.74) is 0.135. The van der Waals surface area contributed by atoms with E-state index in [1.165, 1.54) is 18.2 Å². The largest absolute Gasteiger partial charge is 0.351 e. The molecule has 0 spiro atoms. The highest BCUT2D eigenvalue weighted by Gasteiger charge is 2.17. The molecule has 0 aliphatic heterocycles. The van der Waals surface area contributed by atoms with Crippen molar-refractivity contribution in [3.8, 4) is 0 Å². The summed E-state index contributed by atoms with van der Waals surface area (Å²) in [6.07, 6.45) is 0. The predicted molar refractivity (Wildman–Crippen MR) is 72.6 cm³/mol. The van der Waals surface area contributed by atoms with Crippen LogP contribution in [0.5, 0.6) is 0 Å². The van der Waals surface area contributed by atoms with Crippen LogP contribution in [-0.4, -0.2) is 17.4 Å². The first-order valence-corrected chi connectivity index (χ1v) is 6.22. The lowest BCUT2D eigenvalue weighted by atomic mass is 9.97. The summed E-state index contributed by atoms with van der Waals surface area (Å²) in [6.45, 7) is 6.49. The molecule has 18 heavy (non-hydrogen) atoms. The Kier molecular flexibility index (Phi) is 4.45. The number of benzene rings is 1. The number of hydrogen-bond donors (Lipinski definition) is 1. The Balaban J connectivity index is 2.91. The maximum absolute atomic E-state index is 11.9. The number of carbonyl (C=O) groups excluding carboxylic acids is 1. The highest BCUT2D eigenvalue weighted by Crippen LogP contribution is 2.22. The molecule has 0 unspecified atom stereocenters. The van der Waals surface area contributed by atoms with E-state index in [9.17, 15) is 14.9 Å². The fourth-order valence-corrected chi connectivity index (χ4v) is 1.67. The molecule has 0 radical (unpaired) electrons. The second-order valence-corrected chi connectivity index (χ2v) is 6.02. The second-order valence-electron chi connectivity index (χ2n) is 5.16. The van der Waals surface area contributed by atoms with Gasteiger partial charge in [-0.05, 0) is 27.4 Å². The van der Waals surface area contributed by atoms with Crippen LogP contribution in [0.3, 0.4) is 0 Å². The van der Waals surface area contributed by atoms with E-state index in [2.05, 4.69) is 21.2 Å². The van der Waals surface area contributed by atoms with Crippen LogP contribution >= 0.6 is 15.9 Å². The standard InChI is InChI=1S/C12H15BrN2O3/c1-12(2,3)7-14-11(16)9-6-8(15(17)18)4-5-10(9)13/h4-6H,7H2,1-3H3,(H,14,16). The highest BCUT2D eigenvalue weighted by molar-refractivity contribution is 9.10. The third-order valence-electron chi connectivity index (χ3n) is 2.18. The van der Waals surface area contributed by atoms with Crippen molar-refractivity contribution in [1.29, 1.82) is 0 Å². The number of nitrogens with one attached hydrogen (secondary N) is 1. The van der Waals surface area contributed by atoms with Crippen LogP contribution in [0.25, 0.3) is 0 Å². The van der Waals surface area contributed by atoms with Crippen molar-refractivity contribution in [1.82, 2.24) is 5.32 Å². The van der Waals surface area contributed by atoms with Gasteiger partial charge < -0.3 is 5.32 Å². The molecule has 0 heterocycles. The van der Waals surface area contributed by atoms with E-state index in [1.807, 2.05) is 20.8 Å². The quantitative estimate of drug-likeness (QED) is 0.688. The number of rotatable bonds is 3. The Morgan fingerprint density at radius 2 is 2.06 bits per heavy atom. The molecule has 0 aliphatic carbocycles. The molecule has 0 atom stereocenters. The summed E-state index contributed by atoms with van der Waals surface area (Å²) in [4.78, 5) is 22.1. The van der Waals surface area contributed by atoms with Gasteiger partial charge in [0.15, 0.2) is 0 Å². The Morgan fingerprint density at radius 3 is 2.56 bits per heavy atom. The summed E-state index contributed by atoms with van der Waals surface area (Å²) < 4.78 is 0.541. The van der Waals surface area contributed by atoms with E-state index >= 15 is 0 Å². The Labute approximate surface area is 114 Å². The van der Waals surface area contributed by atoms with Crippen LogP contribution in [-0.2, 0) is 0 Å². The Bertz CT molecular complexity index is 481. The third-order valence-corrected chi connectivity index (χ3v) is 2.88. The van der Waals surface area contributed by atoms with Gasteiger partial charge in [0.25, 0.3) is 11.6 Å². The molecule has 0 saturated carbocycles. The lowest BCUT2D eigenvalue weighted by Crippen LogP contribution is -2.32. The lowest BCUT2D eigenvalue weighted by Gasteiger charge is -2.18. The summed E-state index contributed by atoms with van der Waals surface area (Å²) in [5, 5.41) is 13.4. The van der Waals surface area contributed by atoms with Gasteiger partial charge in [0.05, 0.1) is 10.5 Å². The van der Waals surface area contributed by atoms with Gasteiger partial charge in [0.2, 0.25) is 0 Å². The van der Waals surface area contributed by atoms with Crippen LogP contribution in [0.4, 0.5) is 5.69 Å². The Hall–Kier alpha value is -1.43. The average molecular weight is 315 g/mol. The number of amides is 1. The number of hydrogen-bond acceptors (Lipinski definition) is 3. The van der Waals surface area contributed by atoms with Crippen LogP contribution in [0.2, 0.25) is 0 Å². The molecule has 1 aromatic rings. The fraction of sp³-hybridized carbons (Fsp3) is 0.417. The van der Waals surface area contributed by atoms with Crippen LogP contribution in [0.1, 0.15) is 31.1 Å². The van der Waals surface area contributed by atoms with Crippen LogP contribution in [0.15, 0.2) is 22.7 Å². The van der Waals surface area contributed by atoms with E-state index in [-0.39, 0.29) is 22.6 Å². The van der Waals surface area contributed by atoms with Gasteiger partial charge in [0.1, 0.15) is 0 Å². The number of carbonyl (C=O) groups is 1. The van der Waals surface area contributed by atoms with E-state index in [4.69, 9.17) is 0 Å². The molecule has 1 N–H and O–H groups in total. The van der Waals surface area contributed by atoms with E-state index in [1.54, 1.807) is 0 Å². The first kappa shape index (κ1) is 14.6. The van der Waals surface area contributed by atoms with Crippen molar-refractivity contribution in [2.45, 2.75) is 20.8 Å². The normalized spacial score (nSPS) is 11.1. The van der Waals surface area contributed by atoms with Crippen LogP contribution in [0, 0.1) is 15.5 Å². The smallest absolute Gasteiger partial charge is 0.270 e. The van der Waals surface area contributed by atoms with Crippen molar-refractivity contribution < 1.29 is 9.72 Å². The van der Waals surface area contributed by atoms with Gasteiger partial charge in [-0.15, -0.1) is 0 Å². The van der Waals surface area contributed by atoms with Gasteiger partial charge in [-0.25, -0.2) is 0 Å². The molecular weight excluding hydrogens is 300 g/mol. The van der Waals surface area contributed by atoms with Crippen LogP contribution < -0.4 is 5.32 Å². The summed E-state index contributed by atoms with van der Waals surface area (Å²) >= 11 is 3.22. The maximum atomic E-state index is 11.9. The summed E-state index contributed by atoms with van der Waals surface area (Å²) in [6, 6.07) is 4.12. The molecule has 0 aliphatic rings. The van der Waals surface area contributed by atoms with Gasteiger partial charge in [-0.1, -0.05) is 20.8 Å². The van der Waals surface area contributed by atoms with E-state index in [0.717, 1.165) is 0 Å². The van der Waals surface area contributed by atoms with Crippen molar-refractivity contribution in [2.75, 3.05) is 6.54 Å². The highest BCUT2D eigenvalue weighted by atomic mass is 79.9. The number of halogens is 1. The minimum Gasteiger partial charge on any atom is -0.351 e. The zero-order chi connectivity index (χ0) is 13.9. The van der Waals surface area contributed by atoms with Crippen molar-refractivity contribution in [2.24, 2.45) is 5.41 Å². The number of nitro benzene ring substituents is 1. The first-order chi connectivity index (χ1) is 8.20. The van der Waals surface area contributed by atoms with E-state index in [0.29, 0.717) is 11.0 Å². The molecule has 1 aromatic carbocycles. The van der Waals surface area contributed by atoms with E-state index < -0.39 is 4.92 Å². The minimum absolute atomic E-state index is 0.0388. The van der Waals surface area contributed by atoms with Crippen molar-refractivity contribution in [3.63, 3.8) is 0 Å². The van der Waals surface area contributed by atoms with Crippen molar-refractivity contribution in [3.05, 3.63) is 38.3 Å². The topological polar surface area (TPSA) is 72.2 Å². The number of nitrogens with zero attached hydrogens (tertiary/aromatic N) is 1. The molecule has 1 amide bonds. The molecule has 0 bridgehead atoms. The van der Waals surface area contributed by atoms with Gasteiger partial charge in [-0.3, -0.25) is 14.9 Å². The lowest BCUT2D eigenvalue weighted by molar-refractivity contribution is -0.384. The zero-order valence-electron chi connectivity index (χ0n) is 10.5. The molecule has 0 aromatic heterocycles. The average Bonchev–Trinajstić information content (AvgIpc) is 2.25. The fourth-order valence-electron chi connectivity index (χ4n) is 1.24. The zero-order valence-corrected chi connectivity index (χ0v) is 12.1. The molecule has 0 saturated heterocycles. The second kappa shape index (κ2) is 5.48. The molecule has 98 valence electrons. The summed E-state index contributed by atoms with van der Waals surface area (Å²) in [7, 11) is 0. The molecule has 1 rings (SSSR count). The Morgan fingerprint density at radius 1 is 1.44 bits per heavy atom. The molecule has 5 nitrogen and oxygen atoms in total. The number of nitro groups is 1. The van der Waals surface area contributed by atoms with Gasteiger partial charge in [-0.2, -0.15) is 0 Å². The van der Waals surface area contributed by atoms with Gasteiger partial charge >= 0.3 is 0 Å². The third kappa shape index (κ3) is 4.10. The summed E-state index contributed by atoms with van der Waals surface area (Å²) in [5.74, 6) is -0.319. The first-order valence-electron chi connectivity index (χ1n) is 5.43. The number of non-ortho nitro benzene ring substituents is 1. The maximum Gasteiger partial charge on any atom is 0.270 e.